The van der Waals surface area contributed by atoms with Gasteiger partial charge in [-0.05, 0) is 54.4 Å². The molecule has 0 aliphatic rings. The predicted molar refractivity (Wildman–Crippen MR) is 112 cm³/mol. The quantitative estimate of drug-likeness (QED) is 0.457. The molecule has 0 heterocycles. The first-order valence-corrected chi connectivity index (χ1v) is 11.5. The Balaban J connectivity index is 2.50. The van der Waals surface area contributed by atoms with Crippen molar-refractivity contribution >= 4 is 13.9 Å². The summed E-state index contributed by atoms with van der Waals surface area (Å²) in [6, 6.07) is 14.3. The molecular formula is C23H28OSi. The van der Waals surface area contributed by atoms with E-state index in [1.54, 1.807) is 0 Å². The molecule has 25 heavy (non-hydrogen) atoms. The minimum atomic E-state index is -1.95. The van der Waals surface area contributed by atoms with Gasteiger partial charge in [-0.25, -0.2) is 0 Å². The number of hydrogen-bond acceptors (Lipinski definition) is 1. The van der Waals surface area contributed by atoms with Crippen LogP contribution in [0.25, 0.3) is 5.57 Å². The monoisotopic (exact) mass is 348 g/mol. The van der Waals surface area contributed by atoms with Crippen LogP contribution in [0.1, 0.15) is 43.0 Å². The van der Waals surface area contributed by atoms with E-state index in [4.69, 9.17) is 10.8 Å². The summed E-state index contributed by atoms with van der Waals surface area (Å²) in [5.74, 6) is 3.59. The molecule has 2 aromatic carbocycles. The van der Waals surface area contributed by atoms with E-state index < -0.39 is 8.32 Å². The van der Waals surface area contributed by atoms with Crippen LogP contribution in [0.3, 0.4) is 0 Å². The Hall–Kier alpha value is -2.24. The first-order valence-electron chi connectivity index (χ1n) is 8.61. The second kappa shape index (κ2) is 6.94. The Kier molecular flexibility index (Phi) is 5.30. The third-order valence-electron chi connectivity index (χ3n) is 5.04. The summed E-state index contributed by atoms with van der Waals surface area (Å²) in [7, 11) is -1.95. The van der Waals surface area contributed by atoms with Crippen LogP contribution in [0.15, 0.2) is 49.0 Å². The van der Waals surface area contributed by atoms with E-state index in [0.29, 0.717) is 0 Å². The number of hydrogen-bond donors (Lipinski definition) is 0. The molecule has 1 nitrogen and oxygen atoms in total. The molecule has 130 valence electrons. The van der Waals surface area contributed by atoms with Gasteiger partial charge in [-0.2, -0.15) is 0 Å². The molecule has 0 aromatic heterocycles. The van der Waals surface area contributed by atoms with Gasteiger partial charge in [0.05, 0.1) is 0 Å². The van der Waals surface area contributed by atoms with Crippen molar-refractivity contribution in [1.29, 1.82) is 0 Å². The normalized spacial score (nSPS) is 11.7. The van der Waals surface area contributed by atoms with Crippen LogP contribution in [0.2, 0.25) is 18.1 Å². The van der Waals surface area contributed by atoms with E-state index in [1.165, 1.54) is 5.56 Å². The van der Waals surface area contributed by atoms with E-state index >= 15 is 0 Å². The Bertz CT molecular complexity index is 815. The fraction of sp³-hybridized carbons (Fsp3) is 0.304. The molecule has 2 heteroatoms. The van der Waals surface area contributed by atoms with Gasteiger partial charge in [-0.1, -0.05) is 63.1 Å². The highest BCUT2D eigenvalue weighted by atomic mass is 28.4. The lowest BCUT2D eigenvalue weighted by Gasteiger charge is -2.37. The molecule has 0 bridgehead atoms. The summed E-state index contributed by atoms with van der Waals surface area (Å²) in [5, 5.41) is 0.125. The third kappa shape index (κ3) is 4.24. The molecule has 0 aliphatic carbocycles. The molecular weight excluding hydrogens is 320 g/mol. The number of terminal acetylenes is 1. The highest BCUT2D eigenvalue weighted by Crippen LogP contribution is 2.40. The van der Waals surface area contributed by atoms with Crippen molar-refractivity contribution in [3.63, 3.8) is 0 Å². The number of aryl methyl sites for hydroxylation is 1. The van der Waals surface area contributed by atoms with Crippen LogP contribution in [0, 0.1) is 19.3 Å². The van der Waals surface area contributed by atoms with E-state index in [9.17, 15) is 0 Å². The van der Waals surface area contributed by atoms with Gasteiger partial charge >= 0.3 is 0 Å². The molecule has 0 atom stereocenters. The van der Waals surface area contributed by atoms with Crippen LogP contribution in [-0.2, 0) is 0 Å². The molecule has 0 saturated heterocycles. The smallest absolute Gasteiger partial charge is 0.250 e. The molecule has 0 amide bonds. The van der Waals surface area contributed by atoms with Crippen LogP contribution >= 0.6 is 0 Å². The molecule has 0 N–H and O–H groups in total. The summed E-state index contributed by atoms with van der Waals surface area (Å²) >= 11 is 0. The fourth-order valence-electron chi connectivity index (χ4n) is 2.28. The van der Waals surface area contributed by atoms with Gasteiger partial charge in [0.2, 0.25) is 0 Å². The molecule has 2 aromatic rings. The second-order valence-electron chi connectivity index (χ2n) is 8.06. The second-order valence-corrected chi connectivity index (χ2v) is 12.8. The molecule has 0 unspecified atom stereocenters. The van der Waals surface area contributed by atoms with Gasteiger partial charge in [-0.15, -0.1) is 6.42 Å². The van der Waals surface area contributed by atoms with Gasteiger partial charge in [0.25, 0.3) is 8.32 Å². The molecule has 0 spiro atoms. The van der Waals surface area contributed by atoms with Crippen molar-refractivity contribution < 1.29 is 4.43 Å². The molecule has 0 aliphatic heterocycles. The summed E-state index contributed by atoms with van der Waals surface area (Å²) in [6.45, 7) is 17.6. The van der Waals surface area contributed by atoms with Crippen molar-refractivity contribution in [3.05, 3.63) is 71.3 Å². The Morgan fingerprint density at radius 1 is 1.08 bits per heavy atom. The SMILES string of the molecule is C#Cc1ccc(O[Si](C)(C)C(C)(C)C)c(C(=C)c2ccc(C)cc2)c1. The zero-order chi connectivity index (χ0) is 18.8. The van der Waals surface area contributed by atoms with Gasteiger partial charge in [0.1, 0.15) is 5.75 Å². The van der Waals surface area contributed by atoms with Crippen molar-refractivity contribution in [2.24, 2.45) is 0 Å². The fourth-order valence-corrected chi connectivity index (χ4v) is 3.32. The van der Waals surface area contributed by atoms with Gasteiger partial charge < -0.3 is 4.43 Å². The van der Waals surface area contributed by atoms with E-state index in [-0.39, 0.29) is 5.04 Å². The van der Waals surface area contributed by atoms with E-state index in [2.05, 4.69) is 77.6 Å². The first kappa shape index (κ1) is 19.1. The van der Waals surface area contributed by atoms with Crippen LogP contribution < -0.4 is 4.43 Å². The summed E-state index contributed by atoms with van der Waals surface area (Å²) in [6.07, 6.45) is 5.61. The summed E-state index contributed by atoms with van der Waals surface area (Å²) < 4.78 is 6.57. The lowest BCUT2D eigenvalue weighted by atomic mass is 9.96. The lowest BCUT2D eigenvalue weighted by Crippen LogP contribution is -2.44. The molecule has 0 saturated carbocycles. The van der Waals surface area contributed by atoms with Gasteiger partial charge in [0.15, 0.2) is 0 Å². The molecule has 0 fully saturated rings. The Labute approximate surface area is 153 Å². The van der Waals surface area contributed by atoms with Gasteiger partial charge in [-0.3, -0.25) is 0 Å². The number of rotatable bonds is 4. The van der Waals surface area contributed by atoms with Crippen molar-refractivity contribution in [3.8, 4) is 18.1 Å². The zero-order valence-electron chi connectivity index (χ0n) is 16.2. The van der Waals surface area contributed by atoms with Crippen molar-refractivity contribution in [2.45, 2.75) is 45.8 Å². The average molecular weight is 349 g/mol. The largest absolute Gasteiger partial charge is 0.543 e. The topological polar surface area (TPSA) is 9.23 Å². The van der Waals surface area contributed by atoms with E-state index in [0.717, 1.165) is 28.0 Å². The minimum absolute atomic E-state index is 0.125. The highest BCUT2D eigenvalue weighted by molar-refractivity contribution is 6.74. The van der Waals surface area contributed by atoms with Gasteiger partial charge in [0, 0.05) is 11.1 Å². The summed E-state index contributed by atoms with van der Waals surface area (Å²) in [4.78, 5) is 0. The van der Waals surface area contributed by atoms with Crippen molar-refractivity contribution in [1.82, 2.24) is 0 Å². The number of benzene rings is 2. The third-order valence-corrected chi connectivity index (χ3v) is 9.39. The molecule has 0 radical (unpaired) electrons. The van der Waals surface area contributed by atoms with Crippen LogP contribution in [-0.4, -0.2) is 8.32 Å². The maximum absolute atomic E-state index is 6.57. The minimum Gasteiger partial charge on any atom is -0.543 e. The van der Waals surface area contributed by atoms with E-state index in [1.807, 2.05) is 18.2 Å². The molecule has 2 rings (SSSR count). The lowest BCUT2D eigenvalue weighted by molar-refractivity contribution is 0.491. The first-order chi connectivity index (χ1) is 11.5. The Morgan fingerprint density at radius 3 is 2.20 bits per heavy atom. The van der Waals surface area contributed by atoms with Crippen LogP contribution in [0.4, 0.5) is 0 Å². The average Bonchev–Trinajstić information content (AvgIpc) is 2.54. The maximum atomic E-state index is 6.57. The van der Waals surface area contributed by atoms with Crippen LogP contribution in [0.5, 0.6) is 5.75 Å². The standard InChI is InChI=1S/C23H28OSi/c1-9-19-12-15-22(24-25(7,8)23(4,5)6)21(16-19)18(3)20-13-10-17(2)11-14-20/h1,10-16H,3H2,2,4-8H3. The summed E-state index contributed by atoms with van der Waals surface area (Å²) in [5.41, 5.74) is 5.06. The highest BCUT2D eigenvalue weighted by Gasteiger charge is 2.39. The predicted octanol–water partition coefficient (Wildman–Crippen LogP) is 6.42. The Morgan fingerprint density at radius 2 is 1.68 bits per heavy atom. The zero-order valence-corrected chi connectivity index (χ0v) is 17.2. The van der Waals surface area contributed by atoms with Crippen molar-refractivity contribution in [2.75, 3.05) is 0 Å². The maximum Gasteiger partial charge on any atom is 0.250 e.